The standard InChI is InChI=1S/C18H13ClN2O3S/c19-13-4-1-11(2-5-13)7-14-9-20-18(25-14)21-17(22)12-3-6-15-16(8-12)24-10-23-15/h1-6,8-9H,7,10H2,(H,20,21,22). The summed E-state index contributed by atoms with van der Waals surface area (Å²) in [4.78, 5) is 17.7. The lowest BCUT2D eigenvalue weighted by atomic mass is 10.1. The minimum Gasteiger partial charge on any atom is -0.454 e. The molecule has 1 aromatic heterocycles. The van der Waals surface area contributed by atoms with E-state index in [1.807, 2.05) is 24.3 Å². The van der Waals surface area contributed by atoms with Crippen LogP contribution < -0.4 is 14.8 Å². The van der Waals surface area contributed by atoms with Crippen LogP contribution in [0.4, 0.5) is 5.13 Å². The van der Waals surface area contributed by atoms with Gasteiger partial charge in [-0.15, -0.1) is 11.3 Å². The normalized spacial score (nSPS) is 12.2. The number of nitrogens with zero attached hydrogens (tertiary/aromatic N) is 1. The first-order valence-electron chi connectivity index (χ1n) is 7.57. The molecule has 25 heavy (non-hydrogen) atoms. The zero-order valence-electron chi connectivity index (χ0n) is 13.0. The van der Waals surface area contributed by atoms with Crippen LogP contribution >= 0.6 is 22.9 Å². The average molecular weight is 373 g/mol. The van der Waals surface area contributed by atoms with Crippen molar-refractivity contribution in [2.75, 3.05) is 12.1 Å². The van der Waals surface area contributed by atoms with Crippen LogP contribution in [-0.2, 0) is 6.42 Å². The number of ether oxygens (including phenoxy) is 2. The molecule has 4 rings (SSSR count). The molecule has 0 saturated carbocycles. The fourth-order valence-electron chi connectivity index (χ4n) is 2.46. The van der Waals surface area contributed by atoms with Crippen molar-refractivity contribution in [1.29, 1.82) is 0 Å². The number of hydrogen-bond acceptors (Lipinski definition) is 5. The Bertz CT molecular complexity index is 924. The van der Waals surface area contributed by atoms with Crippen molar-refractivity contribution < 1.29 is 14.3 Å². The SMILES string of the molecule is O=C(Nc1ncc(Cc2ccc(Cl)cc2)s1)c1ccc2c(c1)OCO2. The van der Waals surface area contributed by atoms with Gasteiger partial charge in [0.25, 0.3) is 5.91 Å². The summed E-state index contributed by atoms with van der Waals surface area (Å²) in [5, 5.41) is 4.09. The Morgan fingerprint density at radius 3 is 2.80 bits per heavy atom. The Kier molecular flexibility index (Phi) is 4.29. The summed E-state index contributed by atoms with van der Waals surface area (Å²) in [6.45, 7) is 0.181. The highest BCUT2D eigenvalue weighted by Crippen LogP contribution is 2.32. The minimum absolute atomic E-state index is 0.181. The lowest BCUT2D eigenvalue weighted by molar-refractivity contribution is 0.102. The number of aromatic nitrogens is 1. The van der Waals surface area contributed by atoms with Gasteiger partial charge in [-0.3, -0.25) is 10.1 Å². The van der Waals surface area contributed by atoms with Crippen LogP contribution in [0.25, 0.3) is 0 Å². The van der Waals surface area contributed by atoms with Crippen LogP contribution in [0.1, 0.15) is 20.8 Å². The smallest absolute Gasteiger partial charge is 0.257 e. The highest BCUT2D eigenvalue weighted by molar-refractivity contribution is 7.15. The molecule has 2 heterocycles. The second kappa shape index (κ2) is 6.74. The molecular formula is C18H13ClN2O3S. The number of carbonyl (C=O) groups excluding carboxylic acids is 1. The summed E-state index contributed by atoms with van der Waals surface area (Å²) >= 11 is 7.34. The van der Waals surface area contributed by atoms with E-state index in [2.05, 4.69) is 10.3 Å². The van der Waals surface area contributed by atoms with Crippen molar-refractivity contribution in [1.82, 2.24) is 4.98 Å². The van der Waals surface area contributed by atoms with E-state index in [4.69, 9.17) is 21.1 Å². The number of thiazole rings is 1. The van der Waals surface area contributed by atoms with Crippen molar-refractivity contribution in [3.8, 4) is 11.5 Å². The van der Waals surface area contributed by atoms with Crippen LogP contribution in [0, 0.1) is 0 Å². The number of nitrogens with one attached hydrogen (secondary N) is 1. The van der Waals surface area contributed by atoms with Gasteiger partial charge in [-0.25, -0.2) is 4.98 Å². The monoisotopic (exact) mass is 372 g/mol. The third-order valence-electron chi connectivity index (χ3n) is 3.70. The molecule has 0 atom stereocenters. The summed E-state index contributed by atoms with van der Waals surface area (Å²) < 4.78 is 10.5. The number of hydrogen-bond donors (Lipinski definition) is 1. The van der Waals surface area contributed by atoms with E-state index < -0.39 is 0 Å². The van der Waals surface area contributed by atoms with Crippen molar-refractivity contribution in [2.24, 2.45) is 0 Å². The van der Waals surface area contributed by atoms with Gasteiger partial charge < -0.3 is 9.47 Å². The van der Waals surface area contributed by atoms with E-state index in [1.165, 1.54) is 11.3 Å². The van der Waals surface area contributed by atoms with Crippen molar-refractivity contribution >= 4 is 34.0 Å². The van der Waals surface area contributed by atoms with E-state index >= 15 is 0 Å². The summed E-state index contributed by atoms with van der Waals surface area (Å²) in [6, 6.07) is 12.8. The van der Waals surface area contributed by atoms with E-state index in [-0.39, 0.29) is 12.7 Å². The molecule has 0 fully saturated rings. The zero-order chi connectivity index (χ0) is 17.2. The van der Waals surface area contributed by atoms with Crippen LogP contribution in [0.15, 0.2) is 48.7 Å². The molecule has 1 N–H and O–H groups in total. The largest absolute Gasteiger partial charge is 0.454 e. The molecule has 126 valence electrons. The third kappa shape index (κ3) is 3.60. The maximum Gasteiger partial charge on any atom is 0.257 e. The molecule has 3 aromatic rings. The first kappa shape index (κ1) is 15.9. The maximum atomic E-state index is 12.4. The highest BCUT2D eigenvalue weighted by atomic mass is 35.5. The summed E-state index contributed by atoms with van der Waals surface area (Å²) in [5.41, 5.74) is 1.64. The zero-order valence-corrected chi connectivity index (χ0v) is 14.6. The number of benzene rings is 2. The molecule has 0 spiro atoms. The number of halogens is 1. The van der Waals surface area contributed by atoms with Crippen molar-refractivity contribution in [3.63, 3.8) is 0 Å². The summed E-state index contributed by atoms with van der Waals surface area (Å²) in [5.74, 6) is 0.997. The fourth-order valence-corrected chi connectivity index (χ4v) is 3.43. The van der Waals surface area contributed by atoms with Gasteiger partial charge >= 0.3 is 0 Å². The summed E-state index contributed by atoms with van der Waals surface area (Å²) in [6.07, 6.45) is 2.52. The molecule has 0 radical (unpaired) electrons. The molecule has 0 aliphatic carbocycles. The highest BCUT2D eigenvalue weighted by Gasteiger charge is 2.17. The predicted octanol–water partition coefficient (Wildman–Crippen LogP) is 4.37. The molecule has 2 aromatic carbocycles. The molecule has 1 aliphatic rings. The van der Waals surface area contributed by atoms with Crippen LogP contribution in [-0.4, -0.2) is 17.7 Å². The molecular weight excluding hydrogens is 360 g/mol. The number of fused-ring (bicyclic) bond motifs is 1. The van der Waals surface area contributed by atoms with E-state index in [0.717, 1.165) is 16.9 Å². The number of anilines is 1. The first-order chi connectivity index (χ1) is 12.2. The Hall–Kier alpha value is -2.57. The maximum absolute atomic E-state index is 12.4. The molecule has 1 aliphatic heterocycles. The van der Waals surface area contributed by atoms with Gasteiger partial charge in [0, 0.05) is 28.1 Å². The Labute approximate surface area is 153 Å². The topological polar surface area (TPSA) is 60.5 Å². The fraction of sp³-hybridized carbons (Fsp3) is 0.111. The van der Waals surface area contributed by atoms with Crippen molar-refractivity contribution in [2.45, 2.75) is 6.42 Å². The second-order valence-corrected chi connectivity index (χ2v) is 7.01. The third-order valence-corrected chi connectivity index (χ3v) is 4.87. The molecule has 0 bridgehead atoms. The quantitative estimate of drug-likeness (QED) is 0.738. The van der Waals surface area contributed by atoms with E-state index in [0.29, 0.717) is 27.2 Å². The predicted molar refractivity (Wildman–Crippen MR) is 96.9 cm³/mol. The van der Waals surface area contributed by atoms with Gasteiger partial charge in [-0.1, -0.05) is 23.7 Å². The van der Waals surface area contributed by atoms with E-state index in [9.17, 15) is 4.79 Å². The molecule has 5 nitrogen and oxygen atoms in total. The van der Waals surface area contributed by atoms with Crippen molar-refractivity contribution in [3.05, 3.63) is 69.7 Å². The Balaban J connectivity index is 1.43. The van der Waals surface area contributed by atoms with Gasteiger partial charge in [0.1, 0.15) is 0 Å². The van der Waals surface area contributed by atoms with E-state index in [1.54, 1.807) is 24.4 Å². The number of rotatable bonds is 4. The second-order valence-electron chi connectivity index (χ2n) is 5.46. The Morgan fingerprint density at radius 1 is 1.16 bits per heavy atom. The van der Waals surface area contributed by atoms with Gasteiger partial charge in [0.15, 0.2) is 16.6 Å². The lowest BCUT2D eigenvalue weighted by Gasteiger charge is -2.03. The average Bonchev–Trinajstić information content (AvgIpc) is 3.25. The Morgan fingerprint density at radius 2 is 1.96 bits per heavy atom. The van der Waals surface area contributed by atoms with Gasteiger partial charge in [0.2, 0.25) is 6.79 Å². The molecule has 1 amide bonds. The van der Waals surface area contributed by atoms with Crippen LogP contribution in [0.5, 0.6) is 11.5 Å². The number of amides is 1. The number of carbonyl (C=O) groups is 1. The summed E-state index contributed by atoms with van der Waals surface area (Å²) in [7, 11) is 0. The van der Waals surface area contributed by atoms with Gasteiger partial charge in [-0.05, 0) is 35.9 Å². The lowest BCUT2D eigenvalue weighted by Crippen LogP contribution is -2.11. The van der Waals surface area contributed by atoms with Gasteiger partial charge in [-0.2, -0.15) is 0 Å². The minimum atomic E-state index is -0.231. The van der Waals surface area contributed by atoms with Gasteiger partial charge in [0.05, 0.1) is 0 Å². The first-order valence-corrected chi connectivity index (χ1v) is 8.77. The van der Waals surface area contributed by atoms with Crippen LogP contribution in [0.3, 0.4) is 0 Å². The molecule has 0 unspecified atom stereocenters. The molecule has 0 saturated heterocycles. The van der Waals surface area contributed by atoms with Crippen LogP contribution in [0.2, 0.25) is 5.02 Å². The molecule has 7 heteroatoms.